The molecule has 0 saturated heterocycles. The van der Waals surface area contributed by atoms with Crippen molar-refractivity contribution in [1.29, 1.82) is 0 Å². The minimum Gasteiger partial charge on any atom is -0.459 e. The summed E-state index contributed by atoms with van der Waals surface area (Å²) >= 11 is 7.48. The predicted octanol–water partition coefficient (Wildman–Crippen LogP) is 4.10. The van der Waals surface area contributed by atoms with Gasteiger partial charge < -0.3 is 8.98 Å². The van der Waals surface area contributed by atoms with E-state index in [2.05, 4.69) is 11.9 Å². The number of hydrogen-bond acceptors (Lipinski definition) is 3. The van der Waals surface area contributed by atoms with Crippen LogP contribution >= 0.6 is 22.9 Å². The maximum Gasteiger partial charge on any atom is 0.315 e. The van der Waals surface area contributed by atoms with Gasteiger partial charge in [-0.15, -0.1) is 0 Å². The average molecular weight is 321 g/mol. The molecule has 2 aromatic heterocycles. The van der Waals surface area contributed by atoms with Gasteiger partial charge in [-0.05, 0) is 36.8 Å². The van der Waals surface area contributed by atoms with Crippen molar-refractivity contribution < 1.29 is 9.21 Å². The lowest BCUT2D eigenvalue weighted by Gasteiger charge is -2.02. The first-order valence-electron chi connectivity index (χ1n) is 6.60. The second-order valence-electron chi connectivity index (χ2n) is 4.54. The van der Waals surface area contributed by atoms with Crippen LogP contribution in [0.4, 0.5) is 0 Å². The number of furan rings is 1. The summed E-state index contributed by atoms with van der Waals surface area (Å²) < 4.78 is 8.15. The first-order chi connectivity index (χ1) is 10.2. The molecule has 0 aliphatic carbocycles. The number of thiazole rings is 1. The SMILES string of the molecule is CCCn1c(=NC(=O)c2ccco2)sc2cc(Cl)ccc21. The average Bonchev–Trinajstić information content (AvgIpc) is 3.08. The smallest absolute Gasteiger partial charge is 0.315 e. The van der Waals surface area contributed by atoms with Crippen LogP contribution in [0.25, 0.3) is 10.2 Å². The van der Waals surface area contributed by atoms with Gasteiger partial charge in [0.2, 0.25) is 0 Å². The minimum absolute atomic E-state index is 0.244. The number of halogens is 1. The maximum atomic E-state index is 12.1. The van der Waals surface area contributed by atoms with Gasteiger partial charge >= 0.3 is 5.91 Å². The first-order valence-corrected chi connectivity index (χ1v) is 7.80. The van der Waals surface area contributed by atoms with Crippen LogP contribution in [0, 0.1) is 0 Å². The normalized spacial score (nSPS) is 12.2. The molecule has 0 aliphatic heterocycles. The molecular weight excluding hydrogens is 308 g/mol. The summed E-state index contributed by atoms with van der Waals surface area (Å²) in [5.41, 5.74) is 1.04. The molecule has 0 saturated carbocycles. The van der Waals surface area contributed by atoms with Gasteiger partial charge in [-0.3, -0.25) is 4.79 Å². The highest BCUT2D eigenvalue weighted by Crippen LogP contribution is 2.22. The number of carbonyl (C=O) groups is 1. The van der Waals surface area contributed by atoms with Crippen LogP contribution in [-0.4, -0.2) is 10.5 Å². The Kier molecular flexibility index (Phi) is 3.94. The van der Waals surface area contributed by atoms with Crippen LogP contribution in [-0.2, 0) is 6.54 Å². The van der Waals surface area contributed by atoms with Crippen molar-refractivity contribution in [3.8, 4) is 0 Å². The third kappa shape index (κ3) is 2.80. The Bertz CT molecular complexity index is 846. The van der Waals surface area contributed by atoms with E-state index in [4.69, 9.17) is 16.0 Å². The van der Waals surface area contributed by atoms with Crippen LogP contribution in [0.1, 0.15) is 23.9 Å². The summed E-state index contributed by atoms with van der Waals surface area (Å²) in [7, 11) is 0. The molecule has 2 heterocycles. The lowest BCUT2D eigenvalue weighted by Crippen LogP contribution is -2.16. The Morgan fingerprint density at radius 2 is 2.29 bits per heavy atom. The Labute approximate surface area is 130 Å². The van der Waals surface area contributed by atoms with Crippen molar-refractivity contribution in [3.05, 3.63) is 52.2 Å². The molecule has 6 heteroatoms. The summed E-state index contributed by atoms with van der Waals surface area (Å²) in [6.07, 6.45) is 2.42. The van der Waals surface area contributed by atoms with Gasteiger partial charge in [-0.1, -0.05) is 29.9 Å². The van der Waals surface area contributed by atoms with E-state index in [1.54, 1.807) is 12.1 Å². The monoisotopic (exact) mass is 320 g/mol. The number of hydrogen-bond donors (Lipinski definition) is 0. The molecule has 4 nitrogen and oxygen atoms in total. The van der Waals surface area contributed by atoms with E-state index in [-0.39, 0.29) is 11.7 Å². The Morgan fingerprint density at radius 1 is 1.43 bits per heavy atom. The third-order valence-corrected chi connectivity index (χ3v) is 4.30. The maximum absolute atomic E-state index is 12.1. The number of amides is 1. The summed E-state index contributed by atoms with van der Waals surface area (Å²) in [6.45, 7) is 2.89. The standard InChI is InChI=1S/C15H13ClN2O2S/c1-2-7-18-11-6-5-10(16)9-13(11)21-15(18)17-14(19)12-4-3-8-20-12/h3-6,8-9H,2,7H2,1H3. The van der Waals surface area contributed by atoms with Crippen LogP contribution in [0.3, 0.4) is 0 Å². The molecule has 0 fully saturated rings. The van der Waals surface area contributed by atoms with E-state index in [9.17, 15) is 4.79 Å². The van der Waals surface area contributed by atoms with Crippen molar-refractivity contribution in [2.75, 3.05) is 0 Å². The molecule has 0 aliphatic rings. The van der Waals surface area contributed by atoms with Gasteiger partial charge in [0.05, 0.1) is 16.5 Å². The van der Waals surface area contributed by atoms with Gasteiger partial charge in [-0.2, -0.15) is 4.99 Å². The fourth-order valence-corrected chi connectivity index (χ4v) is 3.44. The van der Waals surface area contributed by atoms with Crippen LogP contribution in [0.2, 0.25) is 5.02 Å². The van der Waals surface area contributed by atoms with Crippen molar-refractivity contribution in [1.82, 2.24) is 4.57 Å². The van der Waals surface area contributed by atoms with Crippen molar-refractivity contribution >= 4 is 39.1 Å². The van der Waals surface area contributed by atoms with Gasteiger partial charge in [0, 0.05) is 11.6 Å². The molecule has 0 radical (unpaired) electrons. The molecule has 0 atom stereocenters. The number of fused-ring (bicyclic) bond motifs is 1. The van der Waals surface area contributed by atoms with Gasteiger partial charge in [0.15, 0.2) is 10.6 Å². The highest BCUT2D eigenvalue weighted by atomic mass is 35.5. The first kappa shape index (κ1) is 14.1. The third-order valence-electron chi connectivity index (χ3n) is 3.02. The van der Waals surface area contributed by atoms with E-state index in [0.717, 1.165) is 23.2 Å². The number of carbonyl (C=O) groups excluding carboxylic acids is 1. The zero-order chi connectivity index (χ0) is 14.8. The zero-order valence-corrected chi connectivity index (χ0v) is 12.9. The Morgan fingerprint density at radius 3 is 3.00 bits per heavy atom. The lowest BCUT2D eigenvalue weighted by atomic mass is 10.3. The molecule has 21 heavy (non-hydrogen) atoms. The van der Waals surface area contributed by atoms with Crippen molar-refractivity contribution in [2.45, 2.75) is 19.9 Å². The number of nitrogens with zero attached hydrogens (tertiary/aromatic N) is 2. The van der Waals surface area contributed by atoms with Crippen LogP contribution in [0.5, 0.6) is 0 Å². The largest absolute Gasteiger partial charge is 0.459 e. The number of aromatic nitrogens is 1. The molecule has 0 N–H and O–H groups in total. The second kappa shape index (κ2) is 5.87. The van der Waals surface area contributed by atoms with E-state index < -0.39 is 0 Å². The quantitative estimate of drug-likeness (QED) is 0.729. The Hall–Kier alpha value is -1.85. The molecule has 108 valence electrons. The second-order valence-corrected chi connectivity index (χ2v) is 5.99. The van der Waals surface area contributed by atoms with Gasteiger partial charge in [-0.25, -0.2) is 0 Å². The summed E-state index contributed by atoms with van der Waals surface area (Å²) in [6, 6.07) is 8.99. The van der Waals surface area contributed by atoms with Crippen LogP contribution in [0.15, 0.2) is 46.0 Å². The molecule has 0 bridgehead atoms. The van der Waals surface area contributed by atoms with E-state index in [1.807, 2.05) is 22.8 Å². The molecule has 1 amide bonds. The topological polar surface area (TPSA) is 47.5 Å². The van der Waals surface area contributed by atoms with E-state index in [0.29, 0.717) is 9.82 Å². The predicted molar refractivity (Wildman–Crippen MR) is 83.7 cm³/mol. The summed E-state index contributed by atoms with van der Waals surface area (Å²) in [4.78, 5) is 16.9. The molecule has 3 aromatic rings. The molecule has 3 rings (SSSR count). The highest BCUT2D eigenvalue weighted by molar-refractivity contribution is 7.16. The lowest BCUT2D eigenvalue weighted by molar-refractivity contribution is 0.0971. The Balaban J connectivity index is 2.16. The molecule has 0 unspecified atom stereocenters. The van der Waals surface area contributed by atoms with E-state index in [1.165, 1.54) is 17.6 Å². The number of rotatable bonds is 3. The zero-order valence-electron chi connectivity index (χ0n) is 11.4. The highest BCUT2D eigenvalue weighted by Gasteiger charge is 2.10. The molecule has 0 spiro atoms. The summed E-state index contributed by atoms with van der Waals surface area (Å²) in [5.74, 6) is -0.129. The minimum atomic E-state index is -0.373. The van der Waals surface area contributed by atoms with Crippen molar-refractivity contribution in [2.24, 2.45) is 4.99 Å². The van der Waals surface area contributed by atoms with E-state index >= 15 is 0 Å². The number of benzene rings is 1. The summed E-state index contributed by atoms with van der Waals surface area (Å²) in [5, 5.41) is 0.677. The fourth-order valence-electron chi connectivity index (χ4n) is 2.11. The van der Waals surface area contributed by atoms with Gasteiger partial charge in [0.1, 0.15) is 0 Å². The van der Waals surface area contributed by atoms with Gasteiger partial charge in [0.25, 0.3) is 0 Å². The molecule has 1 aromatic carbocycles. The fraction of sp³-hybridized carbons (Fsp3) is 0.200. The van der Waals surface area contributed by atoms with Crippen LogP contribution < -0.4 is 4.80 Å². The molecular formula is C15H13ClN2O2S. The number of aryl methyl sites for hydroxylation is 1. The van der Waals surface area contributed by atoms with Crippen molar-refractivity contribution in [3.63, 3.8) is 0 Å².